The average Bonchev–Trinajstić information content (AvgIpc) is 2.79. The van der Waals surface area contributed by atoms with Gasteiger partial charge < -0.3 is 10.1 Å². The number of benzene rings is 1. The molecule has 0 atom stereocenters. The lowest BCUT2D eigenvalue weighted by Crippen LogP contribution is -2.43. The summed E-state index contributed by atoms with van der Waals surface area (Å²) in [5, 5.41) is 3.64. The highest BCUT2D eigenvalue weighted by Gasteiger charge is 2.38. The van der Waals surface area contributed by atoms with Gasteiger partial charge in [0.05, 0.1) is 6.61 Å². The second-order valence-electron chi connectivity index (χ2n) is 6.72. The first-order valence-corrected chi connectivity index (χ1v) is 8.55. The monoisotopic (exact) mass is 337 g/mol. The third-order valence-electron chi connectivity index (χ3n) is 4.69. The lowest BCUT2D eigenvalue weighted by Gasteiger charge is -2.43. The minimum Gasteiger partial charge on any atom is -0.493 e. The van der Waals surface area contributed by atoms with E-state index in [-0.39, 0.29) is 0 Å². The Morgan fingerprint density at radius 3 is 2.80 bits per heavy atom. The Morgan fingerprint density at radius 2 is 2.15 bits per heavy atom. The number of rotatable bonds is 5. The summed E-state index contributed by atoms with van der Waals surface area (Å²) in [5.74, 6) is 1.17. The molecule has 0 unspecified atom stereocenters. The van der Waals surface area contributed by atoms with Crippen molar-refractivity contribution in [3.05, 3.63) is 27.7 Å². The molecule has 0 aromatic heterocycles. The minimum atomic E-state index is 0.449. The summed E-state index contributed by atoms with van der Waals surface area (Å²) in [6.07, 6.45) is 6.26. The van der Waals surface area contributed by atoms with Gasteiger partial charge in [0.2, 0.25) is 0 Å². The topological polar surface area (TPSA) is 21.3 Å². The number of hydrogen-bond acceptors (Lipinski definition) is 2. The molecule has 0 bridgehead atoms. The number of hydrogen-bond donors (Lipinski definition) is 1. The fourth-order valence-corrected chi connectivity index (χ4v) is 3.95. The van der Waals surface area contributed by atoms with E-state index in [9.17, 15) is 0 Å². The standard InChI is InChI=1S/C17H24BrNO/c1-12(2)19-11-17(5-3-6-17)10-14-9-15(18)8-13-4-7-20-16(13)14/h8-9,12,19H,3-7,10-11H2,1-2H3. The van der Waals surface area contributed by atoms with Crippen molar-refractivity contribution < 1.29 is 4.74 Å². The molecule has 1 aromatic carbocycles. The molecule has 3 rings (SSSR count). The largest absolute Gasteiger partial charge is 0.493 e. The lowest BCUT2D eigenvalue weighted by molar-refractivity contribution is 0.125. The highest BCUT2D eigenvalue weighted by molar-refractivity contribution is 9.10. The molecule has 1 aliphatic heterocycles. The fraction of sp³-hybridized carbons (Fsp3) is 0.647. The molecular formula is C17H24BrNO. The van der Waals surface area contributed by atoms with Crippen LogP contribution >= 0.6 is 15.9 Å². The summed E-state index contributed by atoms with van der Waals surface area (Å²) >= 11 is 3.65. The van der Waals surface area contributed by atoms with Gasteiger partial charge >= 0.3 is 0 Å². The lowest BCUT2D eigenvalue weighted by atomic mass is 9.65. The van der Waals surface area contributed by atoms with Gasteiger partial charge in [-0.3, -0.25) is 0 Å². The van der Waals surface area contributed by atoms with Crippen molar-refractivity contribution >= 4 is 15.9 Å². The van der Waals surface area contributed by atoms with Gasteiger partial charge in [-0.25, -0.2) is 0 Å². The smallest absolute Gasteiger partial charge is 0.125 e. The van der Waals surface area contributed by atoms with E-state index in [0.717, 1.165) is 26.0 Å². The Bertz CT molecular complexity index is 494. The predicted molar refractivity (Wildman–Crippen MR) is 86.5 cm³/mol. The van der Waals surface area contributed by atoms with Crippen LogP contribution < -0.4 is 10.1 Å². The van der Waals surface area contributed by atoms with E-state index < -0.39 is 0 Å². The van der Waals surface area contributed by atoms with Crippen molar-refractivity contribution in [2.45, 2.75) is 52.0 Å². The van der Waals surface area contributed by atoms with Crippen LogP contribution in [0.25, 0.3) is 0 Å². The zero-order valence-corrected chi connectivity index (χ0v) is 14.1. The molecule has 20 heavy (non-hydrogen) atoms. The van der Waals surface area contributed by atoms with Gasteiger partial charge in [0.1, 0.15) is 5.75 Å². The zero-order chi connectivity index (χ0) is 14.2. The van der Waals surface area contributed by atoms with Gasteiger partial charge in [0.25, 0.3) is 0 Å². The second-order valence-corrected chi connectivity index (χ2v) is 7.63. The molecule has 1 heterocycles. The van der Waals surface area contributed by atoms with E-state index in [1.165, 1.54) is 40.6 Å². The highest BCUT2D eigenvalue weighted by Crippen LogP contribution is 2.46. The Hall–Kier alpha value is -0.540. The molecule has 1 aromatic rings. The Kier molecular flexibility index (Phi) is 4.09. The van der Waals surface area contributed by atoms with Crippen molar-refractivity contribution in [2.75, 3.05) is 13.2 Å². The van der Waals surface area contributed by atoms with Gasteiger partial charge in [-0.1, -0.05) is 36.2 Å². The van der Waals surface area contributed by atoms with Crippen molar-refractivity contribution in [3.63, 3.8) is 0 Å². The van der Waals surface area contributed by atoms with Crippen molar-refractivity contribution in [1.82, 2.24) is 5.32 Å². The SMILES string of the molecule is CC(C)NCC1(Cc2cc(Br)cc3c2OCC3)CCC1. The summed E-state index contributed by atoms with van der Waals surface area (Å²) in [7, 11) is 0. The molecule has 110 valence electrons. The highest BCUT2D eigenvalue weighted by atomic mass is 79.9. The van der Waals surface area contributed by atoms with Crippen LogP contribution in [-0.2, 0) is 12.8 Å². The van der Waals surface area contributed by atoms with E-state index in [2.05, 4.69) is 47.2 Å². The van der Waals surface area contributed by atoms with Gasteiger partial charge in [0.15, 0.2) is 0 Å². The number of nitrogens with one attached hydrogen (secondary N) is 1. The van der Waals surface area contributed by atoms with Crippen LogP contribution in [0.1, 0.15) is 44.2 Å². The predicted octanol–water partition coefficient (Wildman–Crippen LogP) is 4.09. The molecule has 1 aliphatic carbocycles. The molecule has 2 aliphatic rings. The van der Waals surface area contributed by atoms with Crippen molar-refractivity contribution in [2.24, 2.45) is 5.41 Å². The molecule has 0 saturated heterocycles. The molecule has 0 spiro atoms. The second kappa shape index (κ2) is 5.69. The molecule has 0 amide bonds. The van der Waals surface area contributed by atoms with Crippen LogP contribution in [0.2, 0.25) is 0 Å². The molecule has 1 N–H and O–H groups in total. The van der Waals surface area contributed by atoms with Crippen LogP contribution in [0, 0.1) is 5.41 Å². The summed E-state index contributed by atoms with van der Waals surface area (Å²) in [6.45, 7) is 6.43. The van der Waals surface area contributed by atoms with Crippen LogP contribution in [0.4, 0.5) is 0 Å². The first kappa shape index (κ1) is 14.4. The molecule has 1 saturated carbocycles. The van der Waals surface area contributed by atoms with Crippen molar-refractivity contribution in [3.8, 4) is 5.75 Å². The summed E-state index contributed by atoms with van der Waals surface area (Å²) < 4.78 is 7.08. The quantitative estimate of drug-likeness (QED) is 0.873. The third kappa shape index (κ3) is 2.89. The maximum Gasteiger partial charge on any atom is 0.125 e. The Morgan fingerprint density at radius 1 is 1.35 bits per heavy atom. The fourth-order valence-electron chi connectivity index (χ4n) is 3.39. The number of fused-ring (bicyclic) bond motifs is 1. The van der Waals surface area contributed by atoms with Crippen molar-refractivity contribution in [1.29, 1.82) is 0 Å². The van der Waals surface area contributed by atoms with E-state index in [0.29, 0.717) is 11.5 Å². The molecule has 3 heteroatoms. The van der Waals surface area contributed by atoms with Gasteiger partial charge in [-0.2, -0.15) is 0 Å². The van der Waals surface area contributed by atoms with Crippen LogP contribution in [0.15, 0.2) is 16.6 Å². The molecular weight excluding hydrogens is 314 g/mol. The summed E-state index contributed by atoms with van der Waals surface area (Å²) in [4.78, 5) is 0. The summed E-state index contributed by atoms with van der Waals surface area (Å²) in [5.41, 5.74) is 3.22. The minimum absolute atomic E-state index is 0.449. The zero-order valence-electron chi connectivity index (χ0n) is 12.5. The van der Waals surface area contributed by atoms with Gasteiger partial charge in [0, 0.05) is 23.5 Å². The van der Waals surface area contributed by atoms with Crippen LogP contribution in [0.5, 0.6) is 5.75 Å². The van der Waals surface area contributed by atoms with Gasteiger partial charge in [-0.05, 0) is 47.9 Å². The number of ether oxygens (including phenoxy) is 1. The Labute approximate surface area is 130 Å². The van der Waals surface area contributed by atoms with E-state index in [4.69, 9.17) is 4.74 Å². The van der Waals surface area contributed by atoms with Crippen LogP contribution in [0.3, 0.4) is 0 Å². The first-order chi connectivity index (χ1) is 9.58. The van der Waals surface area contributed by atoms with Crippen LogP contribution in [-0.4, -0.2) is 19.2 Å². The van der Waals surface area contributed by atoms with Gasteiger partial charge in [-0.15, -0.1) is 0 Å². The normalized spacial score (nSPS) is 19.6. The molecule has 0 radical (unpaired) electrons. The van der Waals surface area contributed by atoms with E-state index in [1.54, 1.807) is 0 Å². The number of halogens is 1. The first-order valence-electron chi connectivity index (χ1n) is 7.75. The maximum atomic E-state index is 5.88. The molecule has 2 nitrogen and oxygen atoms in total. The maximum absolute atomic E-state index is 5.88. The summed E-state index contributed by atoms with van der Waals surface area (Å²) in [6, 6.07) is 5.04. The van der Waals surface area contributed by atoms with E-state index >= 15 is 0 Å². The Balaban J connectivity index is 1.79. The average molecular weight is 338 g/mol. The third-order valence-corrected chi connectivity index (χ3v) is 5.15. The van der Waals surface area contributed by atoms with E-state index in [1.807, 2.05) is 0 Å². The molecule has 1 fully saturated rings.